The Labute approximate surface area is 173 Å². The van der Waals surface area contributed by atoms with Crippen molar-refractivity contribution >= 4 is 33.4 Å². The van der Waals surface area contributed by atoms with Gasteiger partial charge in [-0.3, -0.25) is 14.5 Å². The van der Waals surface area contributed by atoms with Crippen LogP contribution in [0.4, 0.5) is 10.3 Å². The molecule has 0 spiro atoms. The van der Waals surface area contributed by atoms with Gasteiger partial charge in [0.15, 0.2) is 0 Å². The summed E-state index contributed by atoms with van der Waals surface area (Å²) in [7, 11) is 0. The first-order chi connectivity index (χ1) is 14.0. The summed E-state index contributed by atoms with van der Waals surface area (Å²) < 4.78 is 5.16. The number of nitrogens with one attached hydrogen (secondary N) is 1. The van der Waals surface area contributed by atoms with E-state index in [1.54, 1.807) is 4.90 Å². The highest BCUT2D eigenvalue weighted by molar-refractivity contribution is 7.19. The third kappa shape index (κ3) is 4.26. The quantitative estimate of drug-likeness (QED) is 0.763. The molecule has 4 rings (SSSR count). The Balaban J connectivity index is 1.24. The molecule has 2 amide bonds. The van der Waals surface area contributed by atoms with E-state index in [9.17, 15) is 9.59 Å². The summed E-state index contributed by atoms with van der Waals surface area (Å²) in [6.45, 7) is 6.66. The van der Waals surface area contributed by atoms with Gasteiger partial charge >= 0.3 is 0 Å². The highest BCUT2D eigenvalue weighted by Gasteiger charge is 2.29. The first-order valence-corrected chi connectivity index (χ1v) is 10.9. The maximum atomic E-state index is 12.5. The second-order valence-corrected chi connectivity index (χ2v) is 8.56. The molecule has 0 atom stereocenters. The summed E-state index contributed by atoms with van der Waals surface area (Å²) in [4.78, 5) is 28.3. The van der Waals surface area contributed by atoms with Crippen molar-refractivity contribution in [1.82, 2.24) is 20.7 Å². The molecule has 4 heterocycles. The molecule has 2 fully saturated rings. The molecule has 2 saturated heterocycles. The lowest BCUT2D eigenvalue weighted by Gasteiger charge is -2.30. The van der Waals surface area contributed by atoms with Gasteiger partial charge in [0.05, 0.1) is 5.69 Å². The van der Waals surface area contributed by atoms with Crippen LogP contribution in [0.15, 0.2) is 4.52 Å². The standard InChI is InChI=1S/C19H26N6O3S/c1-12-15(13(2)28-23-12)5-8-20-17(27)14-6-10-24(11-7-14)18-21-22-19(29-18)25-9-3-4-16(25)26/h14H,3-11H2,1-2H3,(H,20,27). The summed E-state index contributed by atoms with van der Waals surface area (Å²) in [6, 6.07) is 0. The van der Waals surface area contributed by atoms with Crippen LogP contribution >= 0.6 is 11.3 Å². The molecule has 2 aromatic heterocycles. The van der Waals surface area contributed by atoms with Crippen molar-refractivity contribution in [3.8, 4) is 0 Å². The van der Waals surface area contributed by atoms with Gasteiger partial charge in [-0.25, -0.2) is 0 Å². The van der Waals surface area contributed by atoms with Gasteiger partial charge in [0.1, 0.15) is 5.76 Å². The van der Waals surface area contributed by atoms with E-state index in [1.165, 1.54) is 11.3 Å². The number of nitrogens with zero attached hydrogens (tertiary/aromatic N) is 5. The molecule has 0 aliphatic carbocycles. The Morgan fingerprint density at radius 1 is 1.21 bits per heavy atom. The number of carbonyl (C=O) groups is 2. The van der Waals surface area contributed by atoms with Crippen LogP contribution in [0.1, 0.15) is 42.7 Å². The molecular formula is C19H26N6O3S. The van der Waals surface area contributed by atoms with E-state index >= 15 is 0 Å². The average molecular weight is 419 g/mol. The Morgan fingerprint density at radius 2 is 1.97 bits per heavy atom. The van der Waals surface area contributed by atoms with Crippen LogP contribution in [0, 0.1) is 19.8 Å². The maximum Gasteiger partial charge on any atom is 0.228 e. The molecule has 2 aromatic rings. The normalized spacial score (nSPS) is 17.9. The van der Waals surface area contributed by atoms with Crippen LogP contribution < -0.4 is 15.1 Å². The van der Waals surface area contributed by atoms with Gasteiger partial charge in [0.2, 0.25) is 22.1 Å². The molecule has 0 unspecified atom stereocenters. The van der Waals surface area contributed by atoms with Crippen LogP contribution in [-0.2, 0) is 16.0 Å². The minimum absolute atomic E-state index is 0.0171. The molecule has 0 radical (unpaired) electrons. The zero-order chi connectivity index (χ0) is 20.4. The van der Waals surface area contributed by atoms with E-state index in [-0.39, 0.29) is 17.7 Å². The van der Waals surface area contributed by atoms with Crippen molar-refractivity contribution < 1.29 is 14.1 Å². The first kappa shape index (κ1) is 19.8. The van der Waals surface area contributed by atoms with Crippen LogP contribution in [0.25, 0.3) is 0 Å². The van der Waals surface area contributed by atoms with E-state index in [4.69, 9.17) is 4.52 Å². The lowest BCUT2D eigenvalue weighted by atomic mass is 9.96. The zero-order valence-corrected chi connectivity index (χ0v) is 17.6. The number of amides is 2. The molecule has 0 aromatic carbocycles. The average Bonchev–Trinajstić information content (AvgIpc) is 3.44. The summed E-state index contributed by atoms with van der Waals surface area (Å²) >= 11 is 1.46. The highest BCUT2D eigenvalue weighted by Crippen LogP contribution is 2.32. The lowest BCUT2D eigenvalue weighted by molar-refractivity contribution is -0.125. The Bertz CT molecular complexity index is 867. The smallest absolute Gasteiger partial charge is 0.228 e. The van der Waals surface area contributed by atoms with E-state index in [2.05, 4.69) is 25.6 Å². The molecule has 1 N–H and O–H groups in total. The maximum absolute atomic E-state index is 12.5. The Hall–Kier alpha value is -2.49. The Kier molecular flexibility index (Phi) is 5.79. The minimum Gasteiger partial charge on any atom is -0.361 e. The molecule has 29 heavy (non-hydrogen) atoms. The molecule has 0 bridgehead atoms. The predicted molar refractivity (Wildman–Crippen MR) is 109 cm³/mol. The predicted octanol–water partition coefficient (Wildman–Crippen LogP) is 1.85. The van der Waals surface area contributed by atoms with E-state index in [0.29, 0.717) is 18.1 Å². The van der Waals surface area contributed by atoms with Gasteiger partial charge in [0, 0.05) is 44.1 Å². The highest BCUT2D eigenvalue weighted by atomic mass is 32.1. The fourth-order valence-corrected chi connectivity index (χ4v) is 4.88. The second-order valence-electron chi connectivity index (χ2n) is 7.62. The van der Waals surface area contributed by atoms with Crippen molar-refractivity contribution in [1.29, 1.82) is 0 Å². The lowest BCUT2D eigenvalue weighted by Crippen LogP contribution is -2.41. The number of piperidine rings is 1. The van der Waals surface area contributed by atoms with Gasteiger partial charge in [0.25, 0.3) is 0 Å². The van der Waals surface area contributed by atoms with Gasteiger partial charge in [-0.2, -0.15) is 0 Å². The van der Waals surface area contributed by atoms with Crippen LogP contribution in [0.2, 0.25) is 0 Å². The summed E-state index contributed by atoms with van der Waals surface area (Å²) in [5.41, 5.74) is 1.96. The second kappa shape index (κ2) is 8.48. The molecule has 2 aliphatic heterocycles. The summed E-state index contributed by atoms with van der Waals surface area (Å²) in [5.74, 6) is 1.07. The minimum atomic E-state index is 0.0171. The van der Waals surface area contributed by atoms with Gasteiger partial charge < -0.3 is 14.7 Å². The van der Waals surface area contributed by atoms with E-state index in [0.717, 1.165) is 67.5 Å². The topological polar surface area (TPSA) is 104 Å². The third-order valence-electron chi connectivity index (χ3n) is 5.70. The van der Waals surface area contributed by atoms with Gasteiger partial charge in [-0.05, 0) is 39.5 Å². The number of aryl methyl sites for hydroxylation is 2. The SMILES string of the molecule is Cc1noc(C)c1CCNC(=O)C1CCN(c2nnc(N3CCCC3=O)s2)CC1. The van der Waals surface area contributed by atoms with Crippen LogP contribution in [0.5, 0.6) is 0 Å². The molecular weight excluding hydrogens is 392 g/mol. The summed E-state index contributed by atoms with van der Waals surface area (Å²) in [5, 5.41) is 17.0. The first-order valence-electron chi connectivity index (χ1n) is 10.1. The fraction of sp³-hybridized carbons (Fsp3) is 0.632. The number of anilines is 2. The number of aromatic nitrogens is 3. The number of hydrogen-bond acceptors (Lipinski definition) is 8. The van der Waals surface area contributed by atoms with Gasteiger partial charge in [-0.15, -0.1) is 10.2 Å². The number of hydrogen-bond donors (Lipinski definition) is 1. The zero-order valence-electron chi connectivity index (χ0n) is 16.8. The Morgan fingerprint density at radius 3 is 2.62 bits per heavy atom. The fourth-order valence-electron chi connectivity index (χ4n) is 3.94. The van der Waals surface area contributed by atoms with E-state index < -0.39 is 0 Å². The van der Waals surface area contributed by atoms with Crippen molar-refractivity contribution in [2.75, 3.05) is 36.0 Å². The van der Waals surface area contributed by atoms with Crippen molar-refractivity contribution in [3.05, 3.63) is 17.0 Å². The van der Waals surface area contributed by atoms with Gasteiger partial charge in [-0.1, -0.05) is 16.5 Å². The number of carbonyl (C=O) groups excluding carboxylic acids is 2. The van der Waals surface area contributed by atoms with Crippen LogP contribution in [0.3, 0.4) is 0 Å². The van der Waals surface area contributed by atoms with Crippen molar-refractivity contribution in [2.24, 2.45) is 5.92 Å². The molecule has 9 nitrogen and oxygen atoms in total. The third-order valence-corrected chi connectivity index (χ3v) is 6.71. The monoisotopic (exact) mass is 418 g/mol. The number of rotatable bonds is 6. The van der Waals surface area contributed by atoms with Crippen molar-refractivity contribution in [2.45, 2.75) is 46.0 Å². The van der Waals surface area contributed by atoms with Crippen LogP contribution in [-0.4, -0.2) is 53.3 Å². The molecule has 2 aliphatic rings. The summed E-state index contributed by atoms with van der Waals surface area (Å²) in [6.07, 6.45) is 3.77. The molecule has 156 valence electrons. The molecule has 0 saturated carbocycles. The van der Waals surface area contributed by atoms with E-state index in [1.807, 2.05) is 13.8 Å². The largest absolute Gasteiger partial charge is 0.361 e. The molecule has 10 heteroatoms. The van der Waals surface area contributed by atoms with Crippen molar-refractivity contribution in [3.63, 3.8) is 0 Å².